The van der Waals surface area contributed by atoms with Crippen molar-refractivity contribution in [1.29, 1.82) is 0 Å². The van der Waals surface area contributed by atoms with Gasteiger partial charge in [0.25, 0.3) is 0 Å². The first-order chi connectivity index (χ1) is 10.9. The maximum Gasteiger partial charge on any atom is 0.147 e. The van der Waals surface area contributed by atoms with Crippen LogP contribution in [0.1, 0.15) is 12.8 Å². The number of unbranched alkanes of at least 4 members (excludes halogenated alkanes) is 1. The van der Waals surface area contributed by atoms with Crippen molar-refractivity contribution in [2.75, 3.05) is 23.9 Å². The molecule has 2 rings (SSSR count). The molecule has 0 fully saturated rings. The first-order valence-electron chi connectivity index (χ1n) is 7.02. The molecule has 0 aliphatic rings. The molecule has 0 unspecified atom stereocenters. The van der Waals surface area contributed by atoms with Crippen LogP contribution in [-0.4, -0.2) is 23.1 Å². The highest BCUT2D eigenvalue weighted by Gasteiger charge is 1.89. The number of hydrogen-bond acceptors (Lipinski definition) is 6. The van der Waals surface area contributed by atoms with Crippen LogP contribution >= 0.6 is 0 Å². The van der Waals surface area contributed by atoms with E-state index in [9.17, 15) is 0 Å². The van der Waals surface area contributed by atoms with Crippen molar-refractivity contribution < 1.29 is 0 Å². The van der Waals surface area contributed by atoms with Crippen molar-refractivity contribution in [3.8, 4) is 0 Å². The average molecular weight is 298 g/mol. The maximum atomic E-state index is 4.07. The van der Waals surface area contributed by atoms with Gasteiger partial charge >= 0.3 is 0 Å². The number of nitrogens with one attached hydrogen (secondary N) is 2. The lowest BCUT2D eigenvalue weighted by Gasteiger charge is -1.97. The molecule has 0 radical (unpaired) electrons. The van der Waals surface area contributed by atoms with Gasteiger partial charge in [0.1, 0.15) is 11.6 Å². The zero-order valence-corrected chi connectivity index (χ0v) is 12.1. The van der Waals surface area contributed by atoms with Crippen molar-refractivity contribution in [1.82, 2.24) is 9.97 Å². The molecule has 8 nitrogen and oxygen atoms in total. The SMILES string of the molecule is c1ccc(NN=NCCCCN=NNc2ccccn2)nc1. The summed E-state index contributed by atoms with van der Waals surface area (Å²) in [6.45, 7) is 1.28. The zero-order chi connectivity index (χ0) is 15.3. The van der Waals surface area contributed by atoms with Crippen LogP contribution in [0.2, 0.25) is 0 Å². The van der Waals surface area contributed by atoms with Gasteiger partial charge in [-0.25, -0.2) is 20.8 Å². The molecule has 2 heterocycles. The predicted molar refractivity (Wildman–Crippen MR) is 84.4 cm³/mol. The highest BCUT2D eigenvalue weighted by Crippen LogP contribution is 2.01. The van der Waals surface area contributed by atoms with E-state index >= 15 is 0 Å². The third-order valence-corrected chi connectivity index (χ3v) is 2.57. The minimum absolute atomic E-state index is 0.642. The Kier molecular flexibility index (Phi) is 6.98. The van der Waals surface area contributed by atoms with Crippen LogP contribution in [0.5, 0.6) is 0 Å². The van der Waals surface area contributed by atoms with E-state index in [1.54, 1.807) is 12.4 Å². The van der Waals surface area contributed by atoms with Crippen molar-refractivity contribution in [2.24, 2.45) is 20.7 Å². The summed E-state index contributed by atoms with van der Waals surface area (Å²) in [6, 6.07) is 11.1. The zero-order valence-electron chi connectivity index (χ0n) is 12.1. The van der Waals surface area contributed by atoms with Crippen LogP contribution in [0, 0.1) is 0 Å². The average Bonchev–Trinajstić information content (AvgIpc) is 2.58. The first-order valence-corrected chi connectivity index (χ1v) is 7.02. The second kappa shape index (κ2) is 9.92. The molecule has 0 spiro atoms. The lowest BCUT2D eigenvalue weighted by atomic mass is 10.3. The second-order valence-corrected chi connectivity index (χ2v) is 4.29. The van der Waals surface area contributed by atoms with Crippen LogP contribution in [-0.2, 0) is 0 Å². The molecule has 0 saturated carbocycles. The Labute approximate surface area is 128 Å². The summed E-state index contributed by atoms with van der Waals surface area (Å²) >= 11 is 0. The predicted octanol–water partition coefficient (Wildman–Crippen LogP) is 3.52. The summed E-state index contributed by atoms with van der Waals surface area (Å²) in [4.78, 5) is 8.13. The molecule has 0 atom stereocenters. The van der Waals surface area contributed by atoms with Crippen molar-refractivity contribution >= 4 is 11.6 Å². The highest BCUT2D eigenvalue weighted by atomic mass is 15.4. The van der Waals surface area contributed by atoms with Gasteiger partial charge in [-0.1, -0.05) is 22.6 Å². The maximum absolute atomic E-state index is 4.07. The fourth-order valence-electron chi connectivity index (χ4n) is 1.50. The Hall–Kier alpha value is -2.90. The number of hydrogen-bond donors (Lipinski definition) is 2. The molecule has 0 aromatic carbocycles. The van der Waals surface area contributed by atoms with Gasteiger partial charge in [0.15, 0.2) is 0 Å². The second-order valence-electron chi connectivity index (χ2n) is 4.29. The molecular weight excluding hydrogens is 280 g/mol. The topological polar surface area (TPSA) is 99.3 Å². The first kappa shape index (κ1) is 15.5. The van der Waals surface area contributed by atoms with Gasteiger partial charge in [-0.15, -0.1) is 0 Å². The third kappa shape index (κ3) is 6.51. The van der Waals surface area contributed by atoms with E-state index in [0.29, 0.717) is 24.7 Å². The smallest absolute Gasteiger partial charge is 0.147 e. The minimum atomic E-state index is 0.642. The van der Waals surface area contributed by atoms with Gasteiger partial charge in [-0.05, 0) is 37.1 Å². The summed E-state index contributed by atoms with van der Waals surface area (Å²) in [5, 5.41) is 15.7. The van der Waals surface area contributed by atoms with E-state index in [-0.39, 0.29) is 0 Å². The third-order valence-electron chi connectivity index (χ3n) is 2.57. The minimum Gasteiger partial charge on any atom is -0.243 e. The number of anilines is 2. The lowest BCUT2D eigenvalue weighted by molar-refractivity contribution is 0.714. The molecule has 22 heavy (non-hydrogen) atoms. The van der Waals surface area contributed by atoms with E-state index in [2.05, 4.69) is 41.5 Å². The largest absolute Gasteiger partial charge is 0.243 e. The normalized spacial score (nSPS) is 11.1. The van der Waals surface area contributed by atoms with Crippen LogP contribution < -0.4 is 10.9 Å². The fourth-order valence-corrected chi connectivity index (χ4v) is 1.50. The summed E-state index contributed by atoms with van der Waals surface area (Å²) < 4.78 is 0. The molecule has 2 aromatic rings. The van der Waals surface area contributed by atoms with E-state index in [0.717, 1.165) is 12.8 Å². The fraction of sp³-hybridized carbons (Fsp3) is 0.286. The van der Waals surface area contributed by atoms with Gasteiger partial charge in [0.2, 0.25) is 0 Å². The Morgan fingerprint density at radius 1 is 0.727 bits per heavy atom. The lowest BCUT2D eigenvalue weighted by Crippen LogP contribution is -1.92. The Morgan fingerprint density at radius 3 is 1.64 bits per heavy atom. The summed E-state index contributed by atoms with van der Waals surface area (Å²) in [7, 11) is 0. The summed E-state index contributed by atoms with van der Waals surface area (Å²) in [5.74, 6) is 1.36. The van der Waals surface area contributed by atoms with Crippen LogP contribution in [0.4, 0.5) is 11.6 Å². The molecule has 0 aliphatic heterocycles. The molecule has 2 aromatic heterocycles. The molecule has 114 valence electrons. The van der Waals surface area contributed by atoms with Crippen LogP contribution in [0.25, 0.3) is 0 Å². The van der Waals surface area contributed by atoms with Crippen molar-refractivity contribution in [3.63, 3.8) is 0 Å². The number of pyridine rings is 2. The van der Waals surface area contributed by atoms with E-state index in [1.807, 2.05) is 36.4 Å². The van der Waals surface area contributed by atoms with Crippen LogP contribution in [0.15, 0.2) is 69.5 Å². The molecular formula is C14H18N8. The van der Waals surface area contributed by atoms with Crippen molar-refractivity contribution in [3.05, 3.63) is 48.8 Å². The van der Waals surface area contributed by atoms with Gasteiger partial charge in [-0.3, -0.25) is 0 Å². The Bertz CT molecular complexity index is 516. The Morgan fingerprint density at radius 2 is 1.23 bits per heavy atom. The summed E-state index contributed by atoms with van der Waals surface area (Å²) in [5.41, 5.74) is 5.52. The van der Waals surface area contributed by atoms with E-state index < -0.39 is 0 Å². The molecule has 0 aliphatic carbocycles. The molecule has 0 saturated heterocycles. The molecule has 0 amide bonds. The van der Waals surface area contributed by atoms with Gasteiger partial charge < -0.3 is 0 Å². The van der Waals surface area contributed by atoms with Crippen molar-refractivity contribution in [2.45, 2.75) is 12.8 Å². The number of rotatable bonds is 9. The van der Waals surface area contributed by atoms with Gasteiger partial charge in [0.05, 0.1) is 13.1 Å². The molecule has 2 N–H and O–H groups in total. The quantitative estimate of drug-likeness (QED) is 0.420. The van der Waals surface area contributed by atoms with Gasteiger partial charge in [0, 0.05) is 12.4 Å². The molecule has 8 heteroatoms. The number of nitrogens with zero attached hydrogens (tertiary/aromatic N) is 6. The Balaban J connectivity index is 1.49. The summed E-state index contributed by atoms with van der Waals surface area (Å²) in [6.07, 6.45) is 5.19. The molecule has 0 bridgehead atoms. The monoisotopic (exact) mass is 298 g/mol. The van der Waals surface area contributed by atoms with E-state index in [4.69, 9.17) is 0 Å². The van der Waals surface area contributed by atoms with Crippen LogP contribution in [0.3, 0.4) is 0 Å². The number of aromatic nitrogens is 2. The highest BCUT2D eigenvalue weighted by molar-refractivity contribution is 5.31. The van der Waals surface area contributed by atoms with E-state index in [1.165, 1.54) is 0 Å². The van der Waals surface area contributed by atoms with Gasteiger partial charge in [-0.2, -0.15) is 10.2 Å². The standard InChI is InChI=1S/C14H18N8/c1-3-9-15-13(7-1)19-21-17-11-5-6-12-18-22-20-14-8-2-4-10-16-14/h1-4,7-10H,5-6,11-12H2,(H,15,17,19)(H,16,18,20).